The Morgan fingerprint density at radius 2 is 2.36 bits per heavy atom. The Kier molecular flexibility index (Phi) is 2.47. The number of allylic oxidation sites excluding steroid dienone is 3. The Balaban J connectivity index is 2.68. The van der Waals surface area contributed by atoms with Crippen LogP contribution in [0.4, 0.5) is 4.39 Å². The van der Waals surface area contributed by atoms with Gasteiger partial charge in [0.25, 0.3) is 0 Å². The fraction of sp³-hybridized carbons (Fsp3) is 0.333. The van der Waals surface area contributed by atoms with E-state index in [2.05, 4.69) is 13.2 Å². The largest absolute Gasteiger partial charge is 0.494 e. The van der Waals surface area contributed by atoms with Crippen LogP contribution in [-0.4, -0.2) is 6.61 Å². The maximum absolute atomic E-state index is 12.3. The molecule has 0 atom stereocenters. The van der Waals surface area contributed by atoms with Crippen LogP contribution in [-0.2, 0) is 4.74 Å². The van der Waals surface area contributed by atoms with E-state index in [0.717, 1.165) is 18.4 Å². The number of halogens is 1. The molecule has 1 nitrogen and oxygen atoms in total. The highest BCUT2D eigenvalue weighted by Gasteiger charge is 2.10. The van der Waals surface area contributed by atoms with Gasteiger partial charge in [-0.3, -0.25) is 0 Å². The summed E-state index contributed by atoms with van der Waals surface area (Å²) >= 11 is 0. The van der Waals surface area contributed by atoms with Gasteiger partial charge in [0.2, 0.25) is 0 Å². The van der Waals surface area contributed by atoms with Gasteiger partial charge in [0.1, 0.15) is 11.6 Å². The lowest BCUT2D eigenvalue weighted by atomic mass is 10.1. The van der Waals surface area contributed by atoms with E-state index in [-0.39, 0.29) is 0 Å². The maximum atomic E-state index is 12.3. The zero-order valence-corrected chi connectivity index (χ0v) is 6.40. The highest BCUT2D eigenvalue weighted by Crippen LogP contribution is 2.22. The third-order valence-corrected chi connectivity index (χ3v) is 1.56. The SMILES string of the molecule is C=C(F)/C=C1/CCCOC1=C. The molecule has 1 aliphatic heterocycles. The average molecular weight is 154 g/mol. The Labute approximate surface area is 65.9 Å². The summed E-state index contributed by atoms with van der Waals surface area (Å²) in [6.07, 6.45) is 3.14. The lowest BCUT2D eigenvalue weighted by molar-refractivity contribution is 0.195. The number of hydrogen-bond donors (Lipinski definition) is 0. The van der Waals surface area contributed by atoms with Crippen molar-refractivity contribution in [3.8, 4) is 0 Å². The van der Waals surface area contributed by atoms with Crippen LogP contribution in [0.2, 0.25) is 0 Å². The predicted octanol–water partition coefficient (Wildman–Crippen LogP) is 2.72. The molecule has 0 radical (unpaired) electrons. The Hall–Kier alpha value is -1.05. The van der Waals surface area contributed by atoms with Gasteiger partial charge in [-0.05, 0) is 24.5 Å². The maximum Gasteiger partial charge on any atom is 0.116 e. The molecule has 0 unspecified atom stereocenters. The van der Waals surface area contributed by atoms with E-state index >= 15 is 0 Å². The van der Waals surface area contributed by atoms with Gasteiger partial charge in [-0.25, -0.2) is 4.39 Å². The summed E-state index contributed by atoms with van der Waals surface area (Å²) in [7, 11) is 0. The van der Waals surface area contributed by atoms with E-state index in [1.165, 1.54) is 6.08 Å². The number of rotatable bonds is 1. The van der Waals surface area contributed by atoms with E-state index in [9.17, 15) is 4.39 Å². The molecule has 0 amide bonds. The van der Waals surface area contributed by atoms with Crippen LogP contribution in [0.15, 0.2) is 36.4 Å². The molecule has 0 aromatic rings. The minimum Gasteiger partial charge on any atom is -0.494 e. The first-order valence-corrected chi connectivity index (χ1v) is 3.57. The Bertz CT molecular complexity index is 216. The minimum atomic E-state index is -0.438. The summed E-state index contributed by atoms with van der Waals surface area (Å²) in [4.78, 5) is 0. The Morgan fingerprint density at radius 1 is 1.64 bits per heavy atom. The molecular formula is C9H11FO. The number of hydrogen-bond acceptors (Lipinski definition) is 1. The molecular weight excluding hydrogens is 143 g/mol. The van der Waals surface area contributed by atoms with Gasteiger partial charge in [0, 0.05) is 0 Å². The summed E-state index contributed by atoms with van der Waals surface area (Å²) in [6.45, 7) is 7.48. The molecule has 0 aromatic carbocycles. The second-order valence-electron chi connectivity index (χ2n) is 2.49. The third kappa shape index (κ3) is 2.22. The number of ether oxygens (including phenoxy) is 1. The predicted molar refractivity (Wildman–Crippen MR) is 42.7 cm³/mol. The second-order valence-corrected chi connectivity index (χ2v) is 2.49. The molecule has 1 rings (SSSR count). The Morgan fingerprint density at radius 3 is 2.91 bits per heavy atom. The van der Waals surface area contributed by atoms with E-state index < -0.39 is 5.83 Å². The second kappa shape index (κ2) is 3.37. The van der Waals surface area contributed by atoms with E-state index in [4.69, 9.17) is 4.74 Å². The lowest BCUT2D eigenvalue weighted by Gasteiger charge is -2.17. The van der Waals surface area contributed by atoms with Crippen LogP contribution >= 0.6 is 0 Å². The van der Waals surface area contributed by atoms with Gasteiger partial charge in [-0.15, -0.1) is 0 Å². The highest BCUT2D eigenvalue weighted by molar-refractivity contribution is 5.30. The molecule has 0 aliphatic carbocycles. The molecule has 1 saturated heterocycles. The molecule has 0 aromatic heterocycles. The van der Waals surface area contributed by atoms with Crippen molar-refractivity contribution >= 4 is 0 Å². The summed E-state index contributed by atoms with van der Waals surface area (Å²) in [6, 6.07) is 0. The van der Waals surface area contributed by atoms with E-state index in [0.29, 0.717) is 12.4 Å². The molecule has 1 aliphatic rings. The zero-order chi connectivity index (χ0) is 8.27. The summed E-state index contributed by atoms with van der Waals surface area (Å²) in [5.74, 6) is 0.140. The van der Waals surface area contributed by atoms with Gasteiger partial charge < -0.3 is 4.74 Å². The summed E-state index contributed by atoms with van der Waals surface area (Å²) in [5, 5.41) is 0. The fourth-order valence-electron chi connectivity index (χ4n) is 1.03. The molecule has 0 spiro atoms. The first-order valence-electron chi connectivity index (χ1n) is 3.57. The van der Waals surface area contributed by atoms with Crippen molar-refractivity contribution in [2.75, 3.05) is 6.61 Å². The van der Waals surface area contributed by atoms with Crippen LogP contribution in [0.5, 0.6) is 0 Å². The molecule has 0 saturated carbocycles. The topological polar surface area (TPSA) is 9.23 Å². The molecule has 2 heteroatoms. The van der Waals surface area contributed by atoms with Gasteiger partial charge in [-0.2, -0.15) is 0 Å². The van der Waals surface area contributed by atoms with Gasteiger partial charge >= 0.3 is 0 Å². The fourth-order valence-corrected chi connectivity index (χ4v) is 1.03. The normalized spacial score (nSPS) is 21.5. The first kappa shape index (κ1) is 8.05. The van der Waals surface area contributed by atoms with Crippen molar-refractivity contribution in [2.45, 2.75) is 12.8 Å². The standard InChI is InChI=1S/C9H11FO/c1-7(10)6-9-4-3-5-11-8(9)2/h6H,1-5H2/b9-6-. The highest BCUT2D eigenvalue weighted by atomic mass is 19.1. The zero-order valence-electron chi connectivity index (χ0n) is 6.40. The average Bonchev–Trinajstić information content (AvgIpc) is 1.93. The minimum absolute atomic E-state index is 0.438. The van der Waals surface area contributed by atoms with Crippen LogP contribution in [0.1, 0.15) is 12.8 Å². The summed E-state index contributed by atoms with van der Waals surface area (Å²) < 4.78 is 17.4. The van der Waals surface area contributed by atoms with E-state index in [1.807, 2.05) is 0 Å². The van der Waals surface area contributed by atoms with Crippen LogP contribution in [0, 0.1) is 0 Å². The van der Waals surface area contributed by atoms with Crippen LogP contribution < -0.4 is 0 Å². The van der Waals surface area contributed by atoms with Crippen molar-refractivity contribution < 1.29 is 9.13 Å². The van der Waals surface area contributed by atoms with Crippen molar-refractivity contribution in [2.24, 2.45) is 0 Å². The molecule has 0 bridgehead atoms. The first-order chi connectivity index (χ1) is 5.20. The van der Waals surface area contributed by atoms with Crippen LogP contribution in [0.25, 0.3) is 0 Å². The van der Waals surface area contributed by atoms with E-state index in [1.54, 1.807) is 0 Å². The quantitative estimate of drug-likeness (QED) is 0.564. The van der Waals surface area contributed by atoms with Gasteiger partial charge in [0.15, 0.2) is 0 Å². The molecule has 60 valence electrons. The lowest BCUT2D eigenvalue weighted by Crippen LogP contribution is -2.05. The third-order valence-electron chi connectivity index (χ3n) is 1.56. The molecule has 1 heterocycles. The van der Waals surface area contributed by atoms with Crippen molar-refractivity contribution in [1.29, 1.82) is 0 Å². The van der Waals surface area contributed by atoms with Crippen molar-refractivity contribution in [1.82, 2.24) is 0 Å². The summed E-state index contributed by atoms with van der Waals surface area (Å²) in [5.41, 5.74) is 0.823. The van der Waals surface area contributed by atoms with Crippen molar-refractivity contribution in [3.05, 3.63) is 36.4 Å². The molecule has 1 fully saturated rings. The molecule has 11 heavy (non-hydrogen) atoms. The van der Waals surface area contributed by atoms with Crippen LogP contribution in [0.3, 0.4) is 0 Å². The smallest absolute Gasteiger partial charge is 0.116 e. The van der Waals surface area contributed by atoms with Gasteiger partial charge in [0.05, 0.1) is 6.61 Å². The van der Waals surface area contributed by atoms with Crippen molar-refractivity contribution in [3.63, 3.8) is 0 Å². The monoisotopic (exact) mass is 154 g/mol. The van der Waals surface area contributed by atoms with Gasteiger partial charge in [-0.1, -0.05) is 13.2 Å². The molecule has 0 N–H and O–H groups in total.